The van der Waals surface area contributed by atoms with Crippen molar-refractivity contribution in [2.24, 2.45) is 0 Å². The Hall–Kier alpha value is -4.28. The molecule has 0 fully saturated rings. The first kappa shape index (κ1) is 9.88. The van der Waals surface area contributed by atoms with Gasteiger partial charge in [0.05, 0.1) is 29.7 Å². The summed E-state index contributed by atoms with van der Waals surface area (Å²) in [7, 11) is 0. The molecule has 6 aromatic rings. The van der Waals surface area contributed by atoms with Crippen LogP contribution in [0.1, 0.15) is 30.2 Å². The van der Waals surface area contributed by atoms with Crippen molar-refractivity contribution in [3.8, 4) is 0 Å². The lowest BCUT2D eigenvalue weighted by Crippen LogP contribution is -2.61. The smallest absolute Gasteiger partial charge is 0.254 e. The molecule has 2 nitrogen and oxygen atoms in total. The van der Waals surface area contributed by atoms with E-state index in [0.29, 0.717) is 5.56 Å². The first-order valence-corrected chi connectivity index (χ1v) is 12.1. The molecular weight excluding hydrogens is 467 g/mol. The van der Waals surface area contributed by atoms with E-state index in [1.165, 1.54) is 9.80 Å². The number of hydrogen-bond acceptors (Lipinski definition) is 3. The maximum atomic E-state index is 9.33. The molecule has 0 spiro atoms. The van der Waals surface area contributed by atoms with Gasteiger partial charge in [0.15, 0.2) is 0 Å². The van der Waals surface area contributed by atoms with Gasteiger partial charge >= 0.3 is 0 Å². The quantitative estimate of drug-likeness (QED) is 0.226. The summed E-state index contributed by atoms with van der Waals surface area (Å²) in [5.41, 5.74) is -0.241. The van der Waals surface area contributed by atoms with E-state index in [-0.39, 0.29) is 54.2 Å². The molecule has 0 unspecified atom stereocenters. The highest BCUT2D eigenvalue weighted by molar-refractivity contribution is 7.26. The van der Waals surface area contributed by atoms with Gasteiger partial charge in [-0.25, -0.2) is 0 Å². The molecule has 37 heavy (non-hydrogen) atoms. The SMILES string of the molecule is [2H]c1c([2H])c([2H])c(N2c3cc(C)cc4c3B(c3c([2H])c([2H])c([2H])c([2H])c3N4c3c([2H])c([2H])c([2H])c([2H])c3[2H])c3c2sc2c([2H])c([2H])c([2H])c([2H])c32)c([2H])c1[2H]. The van der Waals surface area contributed by atoms with E-state index in [4.69, 9.17) is 21.9 Å². The number of para-hydroxylation sites is 3. The van der Waals surface area contributed by atoms with E-state index >= 15 is 0 Å². The number of benzene rings is 5. The zero-order valence-electron chi connectivity index (χ0n) is 37.0. The van der Waals surface area contributed by atoms with Crippen molar-refractivity contribution >= 4 is 78.0 Å². The van der Waals surface area contributed by atoms with Crippen LogP contribution in [0.5, 0.6) is 0 Å². The molecule has 3 heterocycles. The maximum Gasteiger partial charge on any atom is 0.254 e. The summed E-state index contributed by atoms with van der Waals surface area (Å²) >= 11 is 0.861. The third-order valence-corrected chi connectivity index (χ3v) is 7.63. The van der Waals surface area contributed by atoms with E-state index in [9.17, 15) is 2.74 Å². The maximum absolute atomic E-state index is 9.33. The number of thiophene rings is 1. The van der Waals surface area contributed by atoms with E-state index in [0.717, 1.165) is 11.3 Å². The normalized spacial score (nSPS) is 20.2. The Bertz CT molecular complexity index is 2750. The summed E-state index contributed by atoms with van der Waals surface area (Å²) in [6.07, 6.45) is 0. The first-order chi connectivity index (χ1) is 25.8. The van der Waals surface area contributed by atoms with Crippen molar-refractivity contribution in [1.82, 2.24) is 0 Å². The molecule has 1 aromatic heterocycles. The van der Waals surface area contributed by atoms with Crippen LogP contribution in [0.3, 0.4) is 0 Å². The van der Waals surface area contributed by atoms with Crippen LogP contribution < -0.4 is 26.2 Å². The van der Waals surface area contributed by atoms with Gasteiger partial charge in [0.1, 0.15) is 0 Å². The predicted molar refractivity (Wildman–Crippen MR) is 161 cm³/mol. The number of aryl methyl sites for hydroxylation is 1. The minimum atomic E-state index is -1.27. The Kier molecular flexibility index (Phi) is 2.10. The van der Waals surface area contributed by atoms with E-state index in [2.05, 4.69) is 0 Å². The lowest BCUT2D eigenvalue weighted by molar-refractivity contribution is 1.25. The summed E-state index contributed by atoms with van der Waals surface area (Å²) in [6, 6.07) is -8.21. The Balaban J connectivity index is 1.67. The van der Waals surface area contributed by atoms with Crippen molar-refractivity contribution in [3.05, 3.63) is 126 Å². The molecule has 0 amide bonds. The minimum Gasteiger partial charge on any atom is -0.311 e. The third kappa shape index (κ3) is 2.94. The largest absolute Gasteiger partial charge is 0.311 e. The summed E-state index contributed by atoms with van der Waals surface area (Å²) < 4.78 is 158. The second-order valence-corrected chi connectivity index (χ2v) is 9.55. The second-order valence-electron chi connectivity index (χ2n) is 8.56. The zero-order valence-corrected chi connectivity index (χ0v) is 19.9. The highest BCUT2D eigenvalue weighted by Crippen LogP contribution is 2.47. The van der Waals surface area contributed by atoms with E-state index in [1.54, 1.807) is 19.1 Å². The summed E-state index contributed by atoms with van der Waals surface area (Å²) in [5, 5.41) is 0.0735. The molecule has 0 atom stereocenters. The fourth-order valence-electron chi connectivity index (χ4n) is 5.21. The van der Waals surface area contributed by atoms with Crippen LogP contribution in [0.4, 0.5) is 33.4 Å². The summed E-state index contributed by atoms with van der Waals surface area (Å²) in [5.74, 6) is 0. The Morgan fingerprint density at radius 3 is 1.97 bits per heavy atom. The average molecular weight is 509 g/mol. The molecule has 0 radical (unpaired) electrons. The molecule has 0 aliphatic carbocycles. The average Bonchev–Trinajstić information content (AvgIpc) is 3.56. The van der Waals surface area contributed by atoms with Gasteiger partial charge in [-0.1, -0.05) is 72.5 Å². The minimum absolute atomic E-state index is 0.0276. The van der Waals surface area contributed by atoms with Crippen LogP contribution in [0.2, 0.25) is 0 Å². The van der Waals surface area contributed by atoms with Crippen molar-refractivity contribution in [1.29, 1.82) is 0 Å². The topological polar surface area (TPSA) is 6.48 Å². The lowest BCUT2D eigenvalue weighted by atomic mass is 9.33. The second kappa shape index (κ2) is 7.86. The lowest BCUT2D eigenvalue weighted by Gasteiger charge is -2.43. The molecule has 0 saturated carbocycles. The van der Waals surface area contributed by atoms with Crippen LogP contribution >= 0.6 is 11.3 Å². The van der Waals surface area contributed by atoms with Crippen LogP contribution in [0.25, 0.3) is 10.1 Å². The molecule has 0 bridgehead atoms. The molecule has 174 valence electrons. The van der Waals surface area contributed by atoms with Crippen LogP contribution in [0.15, 0.2) is 121 Å². The molecule has 4 heteroatoms. The van der Waals surface area contributed by atoms with Crippen LogP contribution in [-0.2, 0) is 0 Å². The molecule has 0 saturated heterocycles. The van der Waals surface area contributed by atoms with E-state index in [1.807, 2.05) is 0 Å². The third-order valence-electron chi connectivity index (χ3n) is 6.52. The van der Waals surface area contributed by atoms with Crippen molar-refractivity contribution in [2.45, 2.75) is 6.92 Å². The molecule has 2 aliphatic heterocycles. The first-order valence-electron chi connectivity index (χ1n) is 20.3. The standard InChI is InChI=1S/C33H23BN2S/c1-22-20-28-32-29(21-22)36(24-14-6-3-7-15-24)33-31(25-16-8-11-19-30(25)37-33)34(32)26-17-9-10-18-27(26)35(28)23-12-4-2-5-13-23/h2-21H,1H3/i2D,3D,4D,5D,6D,7D,8D,9D,10D,11D,12D,13D,14D,15D,16D,17D,18D,19D. The van der Waals surface area contributed by atoms with Gasteiger partial charge < -0.3 is 9.80 Å². The fourth-order valence-corrected chi connectivity index (χ4v) is 6.38. The Morgan fingerprint density at radius 1 is 0.622 bits per heavy atom. The van der Waals surface area contributed by atoms with Crippen LogP contribution in [0, 0.1) is 6.92 Å². The highest BCUT2D eigenvalue weighted by atomic mass is 32.1. The molecular formula is C33H23BN2S. The van der Waals surface area contributed by atoms with Crippen molar-refractivity contribution in [2.75, 3.05) is 9.80 Å². The number of anilines is 6. The number of fused-ring (bicyclic) bond motifs is 6. The van der Waals surface area contributed by atoms with E-state index < -0.39 is 121 Å². The zero-order chi connectivity index (χ0) is 40.2. The van der Waals surface area contributed by atoms with Gasteiger partial charge in [-0.05, 0) is 82.6 Å². The molecule has 8 rings (SSSR count). The summed E-state index contributed by atoms with van der Waals surface area (Å²) in [6.45, 7) is 0.386. The van der Waals surface area contributed by atoms with Gasteiger partial charge in [0.2, 0.25) is 0 Å². The van der Waals surface area contributed by atoms with Gasteiger partial charge in [0.25, 0.3) is 6.71 Å². The van der Waals surface area contributed by atoms with Gasteiger partial charge in [0, 0.05) is 33.1 Å². The van der Waals surface area contributed by atoms with Gasteiger partial charge in [-0.2, -0.15) is 0 Å². The molecule has 2 aliphatic rings. The van der Waals surface area contributed by atoms with Crippen molar-refractivity contribution < 1.29 is 24.7 Å². The Morgan fingerprint density at radius 2 is 1.22 bits per heavy atom. The Labute approximate surface area is 246 Å². The number of hydrogen-bond donors (Lipinski definition) is 0. The molecule has 5 aromatic carbocycles. The highest BCUT2D eigenvalue weighted by Gasteiger charge is 2.44. The van der Waals surface area contributed by atoms with Gasteiger partial charge in [-0.3, -0.25) is 0 Å². The number of rotatable bonds is 2. The predicted octanol–water partition coefficient (Wildman–Crippen LogP) is 7.29. The number of nitrogens with zero attached hydrogens (tertiary/aromatic N) is 2. The molecule has 0 N–H and O–H groups in total. The van der Waals surface area contributed by atoms with Crippen molar-refractivity contribution in [3.63, 3.8) is 0 Å². The monoisotopic (exact) mass is 508 g/mol. The summed E-state index contributed by atoms with van der Waals surface area (Å²) in [4.78, 5) is 2.52. The van der Waals surface area contributed by atoms with Crippen LogP contribution in [-0.4, -0.2) is 6.71 Å². The van der Waals surface area contributed by atoms with Gasteiger partial charge in [-0.15, -0.1) is 11.3 Å². The fraction of sp³-hybridized carbons (Fsp3) is 0.0303.